The van der Waals surface area contributed by atoms with Crippen molar-refractivity contribution < 1.29 is 9.47 Å². The first kappa shape index (κ1) is 24.0. The lowest BCUT2D eigenvalue weighted by molar-refractivity contribution is 0.0625. The van der Waals surface area contributed by atoms with Crippen molar-refractivity contribution in [1.29, 1.82) is 0 Å². The highest BCUT2D eigenvalue weighted by Gasteiger charge is 2.15. The van der Waals surface area contributed by atoms with Crippen LogP contribution in [-0.2, 0) is 11.2 Å². The van der Waals surface area contributed by atoms with E-state index in [2.05, 4.69) is 36.3 Å². The molecule has 0 bridgehead atoms. The van der Waals surface area contributed by atoms with Crippen LogP contribution in [0.3, 0.4) is 0 Å². The Morgan fingerprint density at radius 1 is 1.26 bits per heavy atom. The summed E-state index contributed by atoms with van der Waals surface area (Å²) in [6.07, 6.45) is 4.47. The predicted octanol–water partition coefficient (Wildman–Crippen LogP) is 3.96. The molecule has 1 saturated heterocycles. The van der Waals surface area contributed by atoms with E-state index in [0.717, 1.165) is 56.9 Å². The summed E-state index contributed by atoms with van der Waals surface area (Å²) in [6.45, 7) is 9.34. The molecule has 1 aliphatic rings. The van der Waals surface area contributed by atoms with E-state index in [0.29, 0.717) is 6.61 Å². The summed E-state index contributed by atoms with van der Waals surface area (Å²) in [4.78, 5) is 7.08. The van der Waals surface area contributed by atoms with Crippen LogP contribution in [0.2, 0.25) is 0 Å². The predicted molar refractivity (Wildman–Crippen MR) is 123 cm³/mol. The maximum absolute atomic E-state index is 5.71. The monoisotopic (exact) mass is 489 g/mol. The number of para-hydroxylation sites is 1. The SMILES string of the molecule is CCNC(=NCCc1ccccc1OCC)N(C)CCC1CCOCC1.I. The fourth-order valence-electron chi connectivity index (χ4n) is 3.28. The van der Waals surface area contributed by atoms with Crippen LogP contribution < -0.4 is 10.1 Å². The molecule has 0 aromatic heterocycles. The molecule has 27 heavy (non-hydrogen) atoms. The van der Waals surface area contributed by atoms with Gasteiger partial charge in [0.1, 0.15) is 5.75 Å². The fraction of sp³-hybridized carbons (Fsp3) is 0.667. The average Bonchev–Trinajstić information content (AvgIpc) is 2.68. The normalized spacial score (nSPS) is 15.1. The minimum atomic E-state index is 0. The van der Waals surface area contributed by atoms with Gasteiger partial charge >= 0.3 is 0 Å². The number of hydrogen-bond acceptors (Lipinski definition) is 3. The zero-order valence-electron chi connectivity index (χ0n) is 17.1. The third-order valence-corrected chi connectivity index (χ3v) is 4.83. The van der Waals surface area contributed by atoms with Gasteiger partial charge in [-0.15, -0.1) is 24.0 Å². The van der Waals surface area contributed by atoms with Crippen LogP contribution in [0.15, 0.2) is 29.3 Å². The molecule has 1 aromatic rings. The van der Waals surface area contributed by atoms with E-state index in [-0.39, 0.29) is 24.0 Å². The number of hydrogen-bond donors (Lipinski definition) is 1. The Hall–Kier alpha value is -1.02. The van der Waals surface area contributed by atoms with E-state index in [1.54, 1.807) is 0 Å². The lowest BCUT2D eigenvalue weighted by Crippen LogP contribution is -2.40. The van der Waals surface area contributed by atoms with E-state index in [4.69, 9.17) is 14.5 Å². The molecule has 2 rings (SSSR count). The zero-order valence-corrected chi connectivity index (χ0v) is 19.4. The summed E-state index contributed by atoms with van der Waals surface area (Å²) in [5.41, 5.74) is 1.22. The van der Waals surface area contributed by atoms with Crippen molar-refractivity contribution in [2.75, 3.05) is 46.5 Å². The van der Waals surface area contributed by atoms with Crippen LogP contribution >= 0.6 is 24.0 Å². The zero-order chi connectivity index (χ0) is 18.6. The number of benzene rings is 1. The molecule has 1 N–H and O–H groups in total. The van der Waals surface area contributed by atoms with Gasteiger partial charge in [-0.25, -0.2) is 0 Å². The number of nitrogens with zero attached hydrogens (tertiary/aromatic N) is 2. The van der Waals surface area contributed by atoms with Crippen LogP contribution in [0.4, 0.5) is 0 Å². The molecule has 0 spiro atoms. The maximum atomic E-state index is 5.71. The molecule has 5 nitrogen and oxygen atoms in total. The third kappa shape index (κ3) is 8.68. The minimum absolute atomic E-state index is 0. The van der Waals surface area contributed by atoms with Gasteiger partial charge in [-0.1, -0.05) is 18.2 Å². The maximum Gasteiger partial charge on any atom is 0.193 e. The molecule has 6 heteroatoms. The van der Waals surface area contributed by atoms with Crippen molar-refractivity contribution in [1.82, 2.24) is 10.2 Å². The van der Waals surface area contributed by atoms with Gasteiger partial charge in [-0.3, -0.25) is 4.99 Å². The van der Waals surface area contributed by atoms with Crippen LogP contribution in [0.1, 0.15) is 38.7 Å². The van der Waals surface area contributed by atoms with E-state index < -0.39 is 0 Å². The summed E-state index contributed by atoms with van der Waals surface area (Å²) >= 11 is 0. The second kappa shape index (κ2) is 14.0. The first-order valence-corrected chi connectivity index (χ1v) is 10.0. The van der Waals surface area contributed by atoms with Gasteiger partial charge < -0.3 is 19.7 Å². The highest BCUT2D eigenvalue weighted by molar-refractivity contribution is 14.0. The van der Waals surface area contributed by atoms with Crippen molar-refractivity contribution in [3.8, 4) is 5.75 Å². The minimum Gasteiger partial charge on any atom is -0.494 e. The van der Waals surface area contributed by atoms with Gasteiger partial charge in [0.15, 0.2) is 5.96 Å². The van der Waals surface area contributed by atoms with E-state index in [9.17, 15) is 0 Å². The molecular formula is C21H36IN3O2. The van der Waals surface area contributed by atoms with Crippen molar-refractivity contribution >= 4 is 29.9 Å². The molecule has 0 atom stereocenters. The van der Waals surface area contributed by atoms with Crippen molar-refractivity contribution in [3.63, 3.8) is 0 Å². The van der Waals surface area contributed by atoms with Gasteiger partial charge in [-0.2, -0.15) is 0 Å². The molecular weight excluding hydrogens is 453 g/mol. The Balaban J connectivity index is 0.00000364. The number of nitrogens with one attached hydrogen (secondary N) is 1. The Labute approximate surface area is 181 Å². The molecule has 0 saturated carbocycles. The molecule has 0 amide bonds. The van der Waals surface area contributed by atoms with Crippen LogP contribution in [0.25, 0.3) is 0 Å². The van der Waals surface area contributed by atoms with Gasteiger partial charge in [0.2, 0.25) is 0 Å². The number of guanidine groups is 1. The fourth-order valence-corrected chi connectivity index (χ4v) is 3.28. The summed E-state index contributed by atoms with van der Waals surface area (Å²) in [5, 5.41) is 3.42. The number of ether oxygens (including phenoxy) is 2. The van der Waals surface area contributed by atoms with Crippen LogP contribution in [0, 0.1) is 5.92 Å². The molecule has 154 valence electrons. The largest absolute Gasteiger partial charge is 0.494 e. The quantitative estimate of drug-likeness (QED) is 0.324. The van der Waals surface area contributed by atoms with E-state index in [1.165, 1.54) is 24.8 Å². The van der Waals surface area contributed by atoms with Crippen molar-refractivity contribution in [2.24, 2.45) is 10.9 Å². The number of rotatable bonds is 9. The lowest BCUT2D eigenvalue weighted by atomic mass is 9.96. The Morgan fingerprint density at radius 3 is 2.70 bits per heavy atom. The lowest BCUT2D eigenvalue weighted by Gasteiger charge is -2.26. The van der Waals surface area contributed by atoms with E-state index in [1.807, 2.05) is 19.1 Å². The standard InChI is InChI=1S/C21H35N3O2.HI/c1-4-22-21(24(3)15-11-18-12-16-25-17-13-18)23-14-10-19-8-6-7-9-20(19)26-5-2;/h6-9,18H,4-5,10-17H2,1-3H3,(H,22,23);1H. The third-order valence-electron chi connectivity index (χ3n) is 4.83. The number of aliphatic imine (C=N–C) groups is 1. The molecule has 0 radical (unpaired) electrons. The van der Waals surface area contributed by atoms with Crippen molar-refractivity contribution in [2.45, 2.75) is 39.5 Å². The summed E-state index contributed by atoms with van der Waals surface area (Å²) in [6, 6.07) is 8.24. The van der Waals surface area contributed by atoms with Gasteiger partial charge in [0.25, 0.3) is 0 Å². The number of halogens is 1. The highest BCUT2D eigenvalue weighted by atomic mass is 127. The van der Waals surface area contributed by atoms with Crippen LogP contribution in [0.5, 0.6) is 5.75 Å². The smallest absolute Gasteiger partial charge is 0.193 e. The molecule has 0 aliphatic carbocycles. The first-order valence-electron chi connectivity index (χ1n) is 10.0. The molecule has 1 aliphatic heterocycles. The summed E-state index contributed by atoms with van der Waals surface area (Å²) in [5.74, 6) is 2.75. The Kier molecular flexibility index (Phi) is 12.5. The van der Waals surface area contributed by atoms with Crippen LogP contribution in [-0.4, -0.2) is 57.4 Å². The first-order chi connectivity index (χ1) is 12.7. The van der Waals surface area contributed by atoms with Gasteiger partial charge in [0, 0.05) is 39.9 Å². The highest BCUT2D eigenvalue weighted by Crippen LogP contribution is 2.19. The second-order valence-corrected chi connectivity index (χ2v) is 6.79. The Morgan fingerprint density at radius 2 is 2.00 bits per heavy atom. The topological polar surface area (TPSA) is 46.1 Å². The average molecular weight is 489 g/mol. The molecule has 1 aromatic carbocycles. The molecule has 0 unspecified atom stereocenters. The molecule has 1 heterocycles. The second-order valence-electron chi connectivity index (χ2n) is 6.79. The van der Waals surface area contributed by atoms with E-state index >= 15 is 0 Å². The Bertz CT molecular complexity index is 548. The molecule has 1 fully saturated rings. The van der Waals surface area contributed by atoms with Gasteiger partial charge in [-0.05, 0) is 57.1 Å². The summed E-state index contributed by atoms with van der Waals surface area (Å²) < 4.78 is 11.2. The van der Waals surface area contributed by atoms with Crippen molar-refractivity contribution in [3.05, 3.63) is 29.8 Å². The van der Waals surface area contributed by atoms with Gasteiger partial charge in [0.05, 0.1) is 6.61 Å². The summed E-state index contributed by atoms with van der Waals surface area (Å²) in [7, 11) is 2.13.